The molecule has 1 unspecified atom stereocenters. The summed E-state index contributed by atoms with van der Waals surface area (Å²) >= 11 is 0. The van der Waals surface area contributed by atoms with Gasteiger partial charge in [0.05, 0.1) is 5.92 Å². The van der Waals surface area contributed by atoms with Crippen molar-refractivity contribution in [1.82, 2.24) is 0 Å². The molecule has 144 valence electrons. The lowest BCUT2D eigenvalue weighted by atomic mass is 9.94. The van der Waals surface area contributed by atoms with E-state index in [0.717, 1.165) is 31.6 Å². The van der Waals surface area contributed by atoms with E-state index in [1.165, 1.54) is 77.0 Å². The minimum absolute atomic E-state index is 0.0948. The first kappa shape index (κ1) is 23.5. The molecule has 0 aliphatic rings. The zero-order valence-electron chi connectivity index (χ0n) is 16.8. The number of rotatable bonds is 18. The average molecular weight is 341 g/mol. The second-order valence-corrected chi connectivity index (χ2v) is 8.04. The molecule has 1 atom stereocenters. The van der Waals surface area contributed by atoms with Gasteiger partial charge in [0.25, 0.3) is 0 Å². The van der Waals surface area contributed by atoms with Gasteiger partial charge >= 0.3 is 5.97 Å². The minimum atomic E-state index is -0.573. The fourth-order valence-corrected chi connectivity index (χ4v) is 3.39. The third-order valence-corrected chi connectivity index (χ3v) is 5.09. The molecule has 2 nitrogen and oxygen atoms in total. The highest BCUT2D eigenvalue weighted by Gasteiger charge is 2.16. The SMILES string of the molecule is CCCCCCCC(CCCCCCCCCCC(C)C)C(=O)O. The Balaban J connectivity index is 3.45. The molecule has 0 aromatic heterocycles. The van der Waals surface area contributed by atoms with Crippen molar-refractivity contribution in [2.45, 2.75) is 124 Å². The van der Waals surface area contributed by atoms with Crippen molar-refractivity contribution in [2.24, 2.45) is 11.8 Å². The molecular weight excluding hydrogens is 296 g/mol. The lowest BCUT2D eigenvalue weighted by Gasteiger charge is -2.12. The van der Waals surface area contributed by atoms with Gasteiger partial charge in [-0.1, -0.05) is 111 Å². The van der Waals surface area contributed by atoms with Crippen LogP contribution in [-0.2, 0) is 4.79 Å². The van der Waals surface area contributed by atoms with Crippen molar-refractivity contribution >= 4 is 5.97 Å². The Labute approximate surface area is 151 Å². The van der Waals surface area contributed by atoms with E-state index in [1.54, 1.807) is 0 Å². The molecule has 0 aromatic carbocycles. The summed E-state index contributed by atoms with van der Waals surface area (Å²) < 4.78 is 0. The summed E-state index contributed by atoms with van der Waals surface area (Å²) in [6, 6.07) is 0. The van der Waals surface area contributed by atoms with Crippen molar-refractivity contribution < 1.29 is 9.90 Å². The van der Waals surface area contributed by atoms with Crippen molar-refractivity contribution in [3.05, 3.63) is 0 Å². The Hall–Kier alpha value is -0.530. The summed E-state index contributed by atoms with van der Waals surface area (Å²) in [5, 5.41) is 9.34. The van der Waals surface area contributed by atoms with Crippen LogP contribution in [0.2, 0.25) is 0 Å². The van der Waals surface area contributed by atoms with Crippen LogP contribution in [0.3, 0.4) is 0 Å². The first-order chi connectivity index (χ1) is 11.6. The number of carboxylic acid groups (broad SMARTS) is 1. The van der Waals surface area contributed by atoms with Crippen LogP contribution in [0.15, 0.2) is 0 Å². The summed E-state index contributed by atoms with van der Waals surface area (Å²) in [6.07, 6.45) is 19.7. The monoisotopic (exact) mass is 340 g/mol. The summed E-state index contributed by atoms with van der Waals surface area (Å²) in [5.74, 6) is 0.178. The summed E-state index contributed by atoms with van der Waals surface area (Å²) in [4.78, 5) is 11.3. The molecule has 0 radical (unpaired) electrons. The summed E-state index contributed by atoms with van der Waals surface area (Å²) in [6.45, 7) is 6.82. The second-order valence-electron chi connectivity index (χ2n) is 8.04. The molecule has 0 fully saturated rings. The number of carboxylic acids is 1. The molecule has 0 bridgehead atoms. The fourth-order valence-electron chi connectivity index (χ4n) is 3.39. The second kappa shape index (κ2) is 17.3. The normalized spacial score (nSPS) is 12.7. The van der Waals surface area contributed by atoms with Crippen molar-refractivity contribution in [2.75, 3.05) is 0 Å². The molecular formula is C22H44O2. The third kappa shape index (κ3) is 16.3. The number of hydrogen-bond acceptors (Lipinski definition) is 1. The molecule has 1 N–H and O–H groups in total. The maximum Gasteiger partial charge on any atom is 0.306 e. The lowest BCUT2D eigenvalue weighted by molar-refractivity contribution is -0.142. The Kier molecular flexibility index (Phi) is 16.9. The van der Waals surface area contributed by atoms with E-state index in [9.17, 15) is 9.90 Å². The molecule has 0 spiro atoms. The van der Waals surface area contributed by atoms with E-state index >= 15 is 0 Å². The zero-order valence-corrected chi connectivity index (χ0v) is 16.8. The Morgan fingerprint density at radius 2 is 1.04 bits per heavy atom. The topological polar surface area (TPSA) is 37.3 Å². The van der Waals surface area contributed by atoms with Crippen molar-refractivity contribution in [3.8, 4) is 0 Å². The number of aliphatic carboxylic acids is 1. The molecule has 0 aromatic rings. The van der Waals surface area contributed by atoms with E-state index in [0.29, 0.717) is 0 Å². The molecule has 0 aliphatic carbocycles. The van der Waals surface area contributed by atoms with Crippen LogP contribution in [-0.4, -0.2) is 11.1 Å². The maximum absolute atomic E-state index is 11.3. The lowest BCUT2D eigenvalue weighted by Crippen LogP contribution is -2.13. The van der Waals surface area contributed by atoms with Gasteiger partial charge in [-0.05, 0) is 18.8 Å². The number of carbonyl (C=O) groups is 1. The predicted molar refractivity (Wildman–Crippen MR) is 106 cm³/mol. The van der Waals surface area contributed by atoms with E-state index in [2.05, 4.69) is 20.8 Å². The van der Waals surface area contributed by atoms with Gasteiger partial charge in [0.2, 0.25) is 0 Å². The molecule has 24 heavy (non-hydrogen) atoms. The largest absolute Gasteiger partial charge is 0.481 e. The van der Waals surface area contributed by atoms with Gasteiger partial charge < -0.3 is 5.11 Å². The van der Waals surface area contributed by atoms with Crippen LogP contribution >= 0.6 is 0 Å². The molecule has 2 heteroatoms. The zero-order chi connectivity index (χ0) is 18.0. The Morgan fingerprint density at radius 3 is 1.42 bits per heavy atom. The van der Waals surface area contributed by atoms with Crippen molar-refractivity contribution in [1.29, 1.82) is 0 Å². The minimum Gasteiger partial charge on any atom is -0.481 e. The highest BCUT2D eigenvalue weighted by Crippen LogP contribution is 2.19. The molecule has 0 rings (SSSR count). The summed E-state index contributed by atoms with van der Waals surface area (Å²) in [5.41, 5.74) is 0. The highest BCUT2D eigenvalue weighted by atomic mass is 16.4. The quantitative estimate of drug-likeness (QED) is 0.261. The van der Waals surface area contributed by atoms with Gasteiger partial charge in [0.15, 0.2) is 0 Å². The third-order valence-electron chi connectivity index (χ3n) is 5.09. The van der Waals surface area contributed by atoms with Crippen LogP contribution in [0, 0.1) is 11.8 Å². The van der Waals surface area contributed by atoms with Crippen LogP contribution in [0.1, 0.15) is 124 Å². The molecule has 0 saturated carbocycles. The smallest absolute Gasteiger partial charge is 0.306 e. The van der Waals surface area contributed by atoms with Crippen LogP contribution in [0.4, 0.5) is 0 Å². The maximum atomic E-state index is 11.3. The Bertz CT molecular complexity index is 273. The summed E-state index contributed by atoms with van der Waals surface area (Å²) in [7, 11) is 0. The van der Waals surface area contributed by atoms with Crippen molar-refractivity contribution in [3.63, 3.8) is 0 Å². The molecule has 0 saturated heterocycles. The molecule has 0 aliphatic heterocycles. The van der Waals surface area contributed by atoms with Gasteiger partial charge in [0.1, 0.15) is 0 Å². The number of unbranched alkanes of at least 4 members (excludes halogenated alkanes) is 11. The van der Waals surface area contributed by atoms with Gasteiger partial charge in [-0.15, -0.1) is 0 Å². The van der Waals surface area contributed by atoms with Crippen LogP contribution in [0.25, 0.3) is 0 Å². The first-order valence-electron chi connectivity index (χ1n) is 10.8. The fraction of sp³-hybridized carbons (Fsp3) is 0.955. The van der Waals surface area contributed by atoms with Crippen LogP contribution < -0.4 is 0 Å². The first-order valence-corrected chi connectivity index (χ1v) is 10.8. The van der Waals surface area contributed by atoms with Gasteiger partial charge in [-0.25, -0.2) is 0 Å². The van der Waals surface area contributed by atoms with Gasteiger partial charge in [-0.2, -0.15) is 0 Å². The molecule has 0 heterocycles. The molecule has 0 amide bonds. The number of hydrogen-bond donors (Lipinski definition) is 1. The van der Waals surface area contributed by atoms with E-state index in [1.807, 2.05) is 0 Å². The van der Waals surface area contributed by atoms with E-state index in [4.69, 9.17) is 0 Å². The van der Waals surface area contributed by atoms with Crippen LogP contribution in [0.5, 0.6) is 0 Å². The Morgan fingerprint density at radius 1 is 0.667 bits per heavy atom. The predicted octanol–water partition coefficient (Wildman–Crippen LogP) is 7.60. The average Bonchev–Trinajstić information content (AvgIpc) is 2.53. The standard InChI is InChI=1S/C22H44O2/c1-4-5-6-11-15-18-21(22(23)24)19-16-13-10-8-7-9-12-14-17-20(2)3/h20-21H,4-19H2,1-3H3,(H,23,24). The van der Waals surface area contributed by atoms with E-state index in [-0.39, 0.29) is 5.92 Å². The van der Waals surface area contributed by atoms with Gasteiger partial charge in [0, 0.05) is 0 Å². The van der Waals surface area contributed by atoms with E-state index < -0.39 is 5.97 Å². The van der Waals surface area contributed by atoms with Gasteiger partial charge in [-0.3, -0.25) is 4.79 Å². The highest BCUT2D eigenvalue weighted by molar-refractivity contribution is 5.69.